The van der Waals surface area contributed by atoms with Crippen LogP contribution in [-0.2, 0) is 0 Å². The third kappa shape index (κ3) is 1.58. The number of nitrogens with two attached hydrogens (primary N) is 1. The molecule has 0 saturated carbocycles. The van der Waals surface area contributed by atoms with Gasteiger partial charge in [-0.3, -0.25) is 0 Å². The smallest absolute Gasteiger partial charge is 0.0320 e. The van der Waals surface area contributed by atoms with E-state index < -0.39 is 0 Å². The van der Waals surface area contributed by atoms with Crippen LogP contribution >= 0.6 is 0 Å². The minimum absolute atomic E-state index is 0.834. The summed E-state index contributed by atoms with van der Waals surface area (Å²) in [5, 5.41) is 2.50. The summed E-state index contributed by atoms with van der Waals surface area (Å²) in [5.74, 6) is 0. The van der Waals surface area contributed by atoms with Crippen molar-refractivity contribution in [3.8, 4) is 0 Å². The molecular weight excluding hydrogens is 194 g/mol. The second-order valence-corrected chi connectivity index (χ2v) is 4.44. The Balaban J connectivity index is 2.12. The van der Waals surface area contributed by atoms with Crippen LogP contribution in [0.2, 0.25) is 0 Å². The van der Waals surface area contributed by atoms with Gasteiger partial charge in [0.15, 0.2) is 0 Å². The van der Waals surface area contributed by atoms with Crippen molar-refractivity contribution in [2.24, 2.45) is 0 Å². The van der Waals surface area contributed by atoms with Crippen LogP contribution in [-0.4, -0.2) is 0 Å². The first-order valence-electron chi connectivity index (χ1n) is 5.82. The number of hydrogen-bond acceptors (Lipinski definition) is 1. The molecule has 0 saturated heterocycles. The van der Waals surface area contributed by atoms with E-state index in [0.717, 1.165) is 5.69 Å². The largest absolute Gasteiger partial charge is 0.399 e. The molecule has 0 aliphatic heterocycles. The maximum atomic E-state index is 5.77. The Morgan fingerprint density at radius 2 is 1.75 bits per heavy atom. The summed E-state index contributed by atoms with van der Waals surface area (Å²) in [5.41, 5.74) is 9.48. The number of rotatable bonds is 1. The third-order valence-corrected chi connectivity index (χ3v) is 3.28. The standard InChI is InChI=1S/C15H15N/c16-15-8-7-13-9-12(5-6-14(13)10-15)11-3-1-2-4-11/h3,5-10H,1-2,4,16H2. The lowest BCUT2D eigenvalue weighted by molar-refractivity contribution is 0.935. The summed E-state index contributed by atoms with van der Waals surface area (Å²) < 4.78 is 0. The zero-order chi connectivity index (χ0) is 11.0. The Hall–Kier alpha value is -1.76. The number of allylic oxidation sites excluding steroid dienone is 2. The van der Waals surface area contributed by atoms with E-state index in [0.29, 0.717) is 0 Å². The molecular formula is C15H15N. The molecule has 2 N–H and O–H groups in total. The molecule has 1 aliphatic rings. The average molecular weight is 209 g/mol. The molecule has 0 aromatic heterocycles. The van der Waals surface area contributed by atoms with Crippen LogP contribution in [0.15, 0.2) is 42.5 Å². The van der Waals surface area contributed by atoms with Gasteiger partial charge in [-0.05, 0) is 59.4 Å². The molecule has 1 heteroatoms. The molecule has 1 aliphatic carbocycles. The van der Waals surface area contributed by atoms with Crippen molar-refractivity contribution in [3.05, 3.63) is 48.0 Å². The van der Waals surface area contributed by atoms with Crippen molar-refractivity contribution >= 4 is 22.0 Å². The Morgan fingerprint density at radius 1 is 0.938 bits per heavy atom. The highest BCUT2D eigenvalue weighted by molar-refractivity contribution is 5.88. The zero-order valence-corrected chi connectivity index (χ0v) is 9.24. The lowest BCUT2D eigenvalue weighted by Gasteiger charge is -2.05. The second-order valence-electron chi connectivity index (χ2n) is 4.44. The molecule has 0 fully saturated rings. The van der Waals surface area contributed by atoms with E-state index in [4.69, 9.17) is 5.73 Å². The number of anilines is 1. The molecule has 0 bridgehead atoms. The van der Waals surface area contributed by atoms with Crippen LogP contribution in [0, 0.1) is 0 Å². The van der Waals surface area contributed by atoms with E-state index in [1.807, 2.05) is 12.1 Å². The van der Waals surface area contributed by atoms with Crippen LogP contribution in [0.1, 0.15) is 24.8 Å². The molecule has 3 rings (SSSR count). The maximum Gasteiger partial charge on any atom is 0.0320 e. The van der Waals surface area contributed by atoms with Gasteiger partial charge in [0.05, 0.1) is 0 Å². The normalized spacial score (nSPS) is 15.4. The van der Waals surface area contributed by atoms with Gasteiger partial charge >= 0.3 is 0 Å². The fourth-order valence-corrected chi connectivity index (χ4v) is 2.40. The molecule has 0 spiro atoms. The molecule has 2 aromatic rings. The number of nitrogen functional groups attached to an aromatic ring is 1. The van der Waals surface area contributed by atoms with Crippen molar-refractivity contribution in [2.75, 3.05) is 5.73 Å². The molecule has 16 heavy (non-hydrogen) atoms. The van der Waals surface area contributed by atoms with Crippen LogP contribution in [0.3, 0.4) is 0 Å². The SMILES string of the molecule is Nc1ccc2cc(C3=CCCC3)ccc2c1. The summed E-state index contributed by atoms with van der Waals surface area (Å²) >= 11 is 0. The van der Waals surface area contributed by atoms with E-state index in [2.05, 4.69) is 30.3 Å². The van der Waals surface area contributed by atoms with E-state index >= 15 is 0 Å². The van der Waals surface area contributed by atoms with Crippen LogP contribution in [0.5, 0.6) is 0 Å². The van der Waals surface area contributed by atoms with E-state index in [1.165, 1.54) is 41.2 Å². The van der Waals surface area contributed by atoms with Gasteiger partial charge in [0.2, 0.25) is 0 Å². The number of hydrogen-bond donors (Lipinski definition) is 1. The van der Waals surface area contributed by atoms with Gasteiger partial charge in [0.1, 0.15) is 0 Å². The maximum absolute atomic E-state index is 5.77. The minimum Gasteiger partial charge on any atom is -0.399 e. The molecule has 0 amide bonds. The third-order valence-electron chi connectivity index (χ3n) is 3.28. The van der Waals surface area contributed by atoms with E-state index in [9.17, 15) is 0 Å². The molecule has 0 unspecified atom stereocenters. The van der Waals surface area contributed by atoms with Crippen molar-refractivity contribution in [1.29, 1.82) is 0 Å². The molecule has 80 valence electrons. The molecule has 1 nitrogen and oxygen atoms in total. The van der Waals surface area contributed by atoms with Crippen LogP contribution < -0.4 is 5.73 Å². The van der Waals surface area contributed by atoms with Gasteiger partial charge in [-0.1, -0.05) is 24.3 Å². The fraction of sp³-hybridized carbons (Fsp3) is 0.200. The van der Waals surface area contributed by atoms with E-state index in [-0.39, 0.29) is 0 Å². The first-order valence-corrected chi connectivity index (χ1v) is 5.82. The highest BCUT2D eigenvalue weighted by Crippen LogP contribution is 2.30. The summed E-state index contributed by atoms with van der Waals surface area (Å²) in [7, 11) is 0. The van der Waals surface area contributed by atoms with Gasteiger partial charge in [-0.15, -0.1) is 0 Å². The van der Waals surface area contributed by atoms with Crippen LogP contribution in [0.25, 0.3) is 16.3 Å². The lowest BCUT2D eigenvalue weighted by Crippen LogP contribution is -1.85. The Labute approximate surface area is 95.6 Å². The van der Waals surface area contributed by atoms with Gasteiger partial charge in [-0.2, -0.15) is 0 Å². The topological polar surface area (TPSA) is 26.0 Å². The fourth-order valence-electron chi connectivity index (χ4n) is 2.40. The first-order chi connectivity index (χ1) is 7.83. The number of fused-ring (bicyclic) bond motifs is 1. The average Bonchev–Trinajstić information content (AvgIpc) is 2.82. The molecule has 0 atom stereocenters. The first kappa shape index (κ1) is 9.46. The summed E-state index contributed by atoms with van der Waals surface area (Å²) in [6.45, 7) is 0. The molecule has 2 aromatic carbocycles. The van der Waals surface area contributed by atoms with Gasteiger partial charge < -0.3 is 5.73 Å². The lowest BCUT2D eigenvalue weighted by atomic mass is 10.0. The Bertz CT molecular complexity index is 567. The van der Waals surface area contributed by atoms with Gasteiger partial charge in [0.25, 0.3) is 0 Å². The zero-order valence-electron chi connectivity index (χ0n) is 9.24. The highest BCUT2D eigenvalue weighted by Gasteiger charge is 2.07. The summed E-state index contributed by atoms with van der Waals surface area (Å²) in [6.07, 6.45) is 6.11. The predicted molar refractivity (Wildman–Crippen MR) is 70.2 cm³/mol. The predicted octanol–water partition coefficient (Wildman–Crippen LogP) is 3.99. The van der Waals surface area contributed by atoms with Crippen molar-refractivity contribution in [2.45, 2.75) is 19.3 Å². The quantitative estimate of drug-likeness (QED) is 0.706. The summed E-state index contributed by atoms with van der Waals surface area (Å²) in [4.78, 5) is 0. The van der Waals surface area contributed by atoms with Crippen LogP contribution in [0.4, 0.5) is 5.69 Å². The monoisotopic (exact) mass is 209 g/mol. The number of benzene rings is 2. The second kappa shape index (κ2) is 3.67. The Morgan fingerprint density at radius 3 is 2.56 bits per heavy atom. The van der Waals surface area contributed by atoms with Crippen molar-refractivity contribution in [1.82, 2.24) is 0 Å². The molecule has 0 radical (unpaired) electrons. The highest BCUT2D eigenvalue weighted by atomic mass is 14.5. The van der Waals surface area contributed by atoms with Crippen molar-refractivity contribution < 1.29 is 0 Å². The van der Waals surface area contributed by atoms with Gasteiger partial charge in [0, 0.05) is 5.69 Å². The van der Waals surface area contributed by atoms with E-state index in [1.54, 1.807) is 0 Å². The molecule has 0 heterocycles. The Kier molecular flexibility index (Phi) is 2.17. The summed E-state index contributed by atoms with van der Waals surface area (Å²) in [6, 6.07) is 12.7. The van der Waals surface area contributed by atoms with Crippen molar-refractivity contribution in [3.63, 3.8) is 0 Å². The van der Waals surface area contributed by atoms with Gasteiger partial charge in [-0.25, -0.2) is 0 Å². The minimum atomic E-state index is 0.834.